The first-order chi connectivity index (χ1) is 8.06. The van der Waals surface area contributed by atoms with Crippen molar-refractivity contribution >= 4 is 34.4 Å². The first-order valence-corrected chi connectivity index (χ1v) is 6.24. The molecule has 1 aromatic rings. The van der Waals surface area contributed by atoms with Crippen LogP contribution in [0.3, 0.4) is 0 Å². The molecule has 0 atom stereocenters. The Kier molecular flexibility index (Phi) is 5.39. The van der Waals surface area contributed by atoms with Gasteiger partial charge in [-0.1, -0.05) is 0 Å². The van der Waals surface area contributed by atoms with Crippen molar-refractivity contribution in [1.29, 1.82) is 0 Å². The number of carbonyl (C=O) groups excluding carboxylic acids is 1. The van der Waals surface area contributed by atoms with Crippen molar-refractivity contribution < 1.29 is 9.53 Å². The predicted molar refractivity (Wildman–Crippen MR) is 72.1 cm³/mol. The summed E-state index contributed by atoms with van der Waals surface area (Å²) in [6, 6.07) is 0. The Labute approximate surface area is 113 Å². The van der Waals surface area contributed by atoms with Crippen molar-refractivity contribution in [3.05, 3.63) is 20.3 Å². The highest BCUT2D eigenvalue weighted by atomic mass is 127. The summed E-state index contributed by atoms with van der Waals surface area (Å²) < 4.78 is 5.34. The molecule has 6 nitrogen and oxygen atoms in total. The predicted octanol–water partition coefficient (Wildman–Crippen LogP) is 0.764. The highest BCUT2D eigenvalue weighted by Crippen LogP contribution is 2.13. The lowest BCUT2D eigenvalue weighted by atomic mass is 10.4. The van der Waals surface area contributed by atoms with E-state index in [1.807, 2.05) is 22.6 Å². The van der Waals surface area contributed by atoms with E-state index in [1.165, 1.54) is 6.33 Å². The molecule has 94 valence electrons. The molecule has 0 amide bonds. The Morgan fingerprint density at radius 3 is 3.00 bits per heavy atom. The number of anilines is 1. The van der Waals surface area contributed by atoms with Gasteiger partial charge in [0.1, 0.15) is 9.39 Å². The molecule has 0 aliphatic heterocycles. The van der Waals surface area contributed by atoms with Gasteiger partial charge in [-0.2, -0.15) is 0 Å². The van der Waals surface area contributed by atoms with Gasteiger partial charge in [0.2, 0.25) is 0 Å². The van der Waals surface area contributed by atoms with Gasteiger partial charge in [0.15, 0.2) is 0 Å². The zero-order valence-electron chi connectivity index (χ0n) is 9.70. The molecule has 0 aliphatic rings. The lowest BCUT2D eigenvalue weighted by Crippen LogP contribution is -2.26. The number of esters is 1. The standard InChI is InChI=1S/C10H14IN3O3/c1-3-17-7(15)4-5-14(2)9-8(11)10(16)13-6-12-9/h6H,3-5H2,1-2H3,(H,12,13,16). The van der Waals surface area contributed by atoms with Crippen LogP contribution in [0.25, 0.3) is 0 Å². The second kappa shape index (κ2) is 6.58. The molecule has 0 bridgehead atoms. The minimum Gasteiger partial charge on any atom is -0.466 e. The van der Waals surface area contributed by atoms with Gasteiger partial charge >= 0.3 is 5.97 Å². The number of ether oxygens (including phenoxy) is 1. The van der Waals surface area contributed by atoms with Crippen molar-refractivity contribution in [2.75, 3.05) is 25.1 Å². The summed E-state index contributed by atoms with van der Waals surface area (Å²) in [5, 5.41) is 0. The maximum absolute atomic E-state index is 11.4. The lowest BCUT2D eigenvalue weighted by Gasteiger charge is -2.18. The topological polar surface area (TPSA) is 75.3 Å². The monoisotopic (exact) mass is 351 g/mol. The Hall–Kier alpha value is -1.12. The van der Waals surface area contributed by atoms with E-state index in [1.54, 1.807) is 18.9 Å². The number of rotatable bonds is 5. The summed E-state index contributed by atoms with van der Waals surface area (Å²) in [5.41, 5.74) is -0.182. The zero-order valence-corrected chi connectivity index (χ0v) is 11.9. The van der Waals surface area contributed by atoms with E-state index in [0.29, 0.717) is 22.5 Å². The minimum atomic E-state index is -0.251. The maximum Gasteiger partial charge on any atom is 0.307 e. The third-order valence-corrected chi connectivity index (χ3v) is 3.07. The van der Waals surface area contributed by atoms with Gasteiger partial charge in [-0.05, 0) is 29.5 Å². The van der Waals surface area contributed by atoms with Crippen LogP contribution in [0.2, 0.25) is 0 Å². The van der Waals surface area contributed by atoms with E-state index in [4.69, 9.17) is 4.74 Å². The Bertz CT molecular complexity index is 447. The van der Waals surface area contributed by atoms with Crippen LogP contribution in [0.5, 0.6) is 0 Å². The van der Waals surface area contributed by atoms with Gasteiger partial charge in [-0.25, -0.2) is 4.98 Å². The van der Waals surface area contributed by atoms with E-state index in [-0.39, 0.29) is 17.9 Å². The summed E-state index contributed by atoms with van der Waals surface area (Å²) in [6.45, 7) is 2.61. The number of hydrogen-bond donors (Lipinski definition) is 1. The van der Waals surface area contributed by atoms with Crippen LogP contribution in [-0.2, 0) is 9.53 Å². The van der Waals surface area contributed by atoms with Crippen molar-refractivity contribution in [2.24, 2.45) is 0 Å². The molecule has 0 radical (unpaired) electrons. The van der Waals surface area contributed by atoms with Gasteiger partial charge in [-0.3, -0.25) is 9.59 Å². The second-order valence-corrected chi connectivity index (χ2v) is 4.42. The van der Waals surface area contributed by atoms with Crippen LogP contribution in [0.15, 0.2) is 11.1 Å². The van der Waals surface area contributed by atoms with E-state index >= 15 is 0 Å². The summed E-state index contributed by atoms with van der Waals surface area (Å²) >= 11 is 1.93. The van der Waals surface area contributed by atoms with Gasteiger partial charge < -0.3 is 14.6 Å². The second-order valence-electron chi connectivity index (χ2n) is 3.35. The van der Waals surface area contributed by atoms with Crippen LogP contribution in [0, 0.1) is 3.57 Å². The lowest BCUT2D eigenvalue weighted by molar-refractivity contribution is -0.142. The summed E-state index contributed by atoms with van der Waals surface area (Å²) in [7, 11) is 1.78. The fourth-order valence-corrected chi connectivity index (χ4v) is 1.94. The molecular weight excluding hydrogens is 337 g/mol. The molecule has 7 heteroatoms. The van der Waals surface area contributed by atoms with Crippen molar-refractivity contribution in [3.63, 3.8) is 0 Å². The summed E-state index contributed by atoms with van der Waals surface area (Å²) in [4.78, 5) is 30.9. The molecule has 1 aromatic heterocycles. The fourth-order valence-electron chi connectivity index (χ4n) is 1.24. The number of aromatic amines is 1. The molecule has 0 aliphatic carbocycles. The first-order valence-electron chi connectivity index (χ1n) is 5.16. The van der Waals surface area contributed by atoms with Crippen LogP contribution >= 0.6 is 22.6 Å². The maximum atomic E-state index is 11.4. The highest BCUT2D eigenvalue weighted by Gasteiger charge is 2.11. The largest absolute Gasteiger partial charge is 0.466 e. The normalized spacial score (nSPS) is 10.1. The Morgan fingerprint density at radius 2 is 2.35 bits per heavy atom. The fraction of sp³-hybridized carbons (Fsp3) is 0.500. The highest BCUT2D eigenvalue weighted by molar-refractivity contribution is 14.1. The zero-order chi connectivity index (χ0) is 12.8. The Balaban J connectivity index is 2.64. The number of halogens is 1. The SMILES string of the molecule is CCOC(=O)CCN(C)c1nc[nH]c(=O)c1I. The number of aromatic nitrogens is 2. The summed E-state index contributed by atoms with van der Waals surface area (Å²) in [5.74, 6) is 0.317. The third-order valence-electron chi connectivity index (χ3n) is 2.10. The summed E-state index contributed by atoms with van der Waals surface area (Å²) in [6.07, 6.45) is 1.62. The number of hydrogen-bond acceptors (Lipinski definition) is 5. The van der Waals surface area contributed by atoms with Crippen LogP contribution in [0.1, 0.15) is 13.3 Å². The van der Waals surface area contributed by atoms with Gasteiger partial charge in [-0.15, -0.1) is 0 Å². The molecule has 0 spiro atoms. The van der Waals surface area contributed by atoms with Crippen LogP contribution < -0.4 is 10.5 Å². The average Bonchev–Trinajstić information content (AvgIpc) is 2.30. The van der Waals surface area contributed by atoms with Gasteiger partial charge in [0.25, 0.3) is 5.56 Å². The number of nitrogens with zero attached hydrogens (tertiary/aromatic N) is 2. The number of H-pyrrole nitrogens is 1. The molecule has 0 saturated carbocycles. The number of carbonyl (C=O) groups is 1. The third kappa shape index (κ3) is 3.99. The molecule has 0 fully saturated rings. The van der Waals surface area contributed by atoms with Crippen molar-refractivity contribution in [3.8, 4) is 0 Å². The number of nitrogens with one attached hydrogen (secondary N) is 1. The molecule has 0 unspecified atom stereocenters. The van der Waals surface area contributed by atoms with Crippen LogP contribution in [0.4, 0.5) is 5.82 Å². The molecular formula is C10H14IN3O3. The minimum absolute atomic E-state index is 0.182. The Morgan fingerprint density at radius 1 is 1.65 bits per heavy atom. The van der Waals surface area contributed by atoms with Gasteiger partial charge in [0, 0.05) is 13.6 Å². The molecule has 1 heterocycles. The average molecular weight is 351 g/mol. The molecule has 0 aromatic carbocycles. The van der Waals surface area contributed by atoms with Crippen molar-refractivity contribution in [1.82, 2.24) is 9.97 Å². The molecule has 1 rings (SSSR count). The van der Waals surface area contributed by atoms with Crippen molar-refractivity contribution in [2.45, 2.75) is 13.3 Å². The smallest absolute Gasteiger partial charge is 0.307 e. The molecule has 1 N–H and O–H groups in total. The van der Waals surface area contributed by atoms with E-state index in [2.05, 4.69) is 9.97 Å². The van der Waals surface area contributed by atoms with Crippen LogP contribution in [-0.4, -0.2) is 36.1 Å². The molecule has 0 saturated heterocycles. The van der Waals surface area contributed by atoms with E-state index in [0.717, 1.165) is 0 Å². The van der Waals surface area contributed by atoms with E-state index in [9.17, 15) is 9.59 Å². The molecule has 17 heavy (non-hydrogen) atoms. The first kappa shape index (κ1) is 13.9. The van der Waals surface area contributed by atoms with E-state index < -0.39 is 0 Å². The van der Waals surface area contributed by atoms with Gasteiger partial charge in [0.05, 0.1) is 19.4 Å². The quantitative estimate of drug-likeness (QED) is 0.626.